The molecule has 0 aliphatic heterocycles. The van der Waals surface area contributed by atoms with E-state index >= 15 is 0 Å². The standard InChI is InChI=1S/C11H12N2O4S/c1-6(18(2,16)17)10-12-8-5-3-4-7(11(14)15)9(8)13-10/h3-6H,1-2H3,(H,12,13)(H,14,15). The van der Waals surface area contributed by atoms with Gasteiger partial charge in [-0.2, -0.15) is 0 Å². The van der Waals surface area contributed by atoms with Crippen molar-refractivity contribution < 1.29 is 18.3 Å². The number of carbonyl (C=O) groups is 1. The van der Waals surface area contributed by atoms with Crippen LogP contribution in [0.15, 0.2) is 18.2 Å². The number of carboxylic acid groups (broad SMARTS) is 1. The third kappa shape index (κ3) is 2.08. The number of para-hydroxylation sites is 1. The van der Waals surface area contributed by atoms with Crippen LogP contribution in [0, 0.1) is 0 Å². The van der Waals surface area contributed by atoms with Gasteiger partial charge in [0.1, 0.15) is 16.6 Å². The van der Waals surface area contributed by atoms with Gasteiger partial charge in [-0.1, -0.05) is 6.07 Å². The first-order valence-electron chi connectivity index (χ1n) is 5.21. The summed E-state index contributed by atoms with van der Waals surface area (Å²) in [7, 11) is -3.28. The number of hydrogen-bond acceptors (Lipinski definition) is 4. The van der Waals surface area contributed by atoms with Gasteiger partial charge in [-0.05, 0) is 19.1 Å². The van der Waals surface area contributed by atoms with E-state index in [2.05, 4.69) is 9.97 Å². The van der Waals surface area contributed by atoms with Crippen molar-refractivity contribution in [3.8, 4) is 0 Å². The molecule has 0 amide bonds. The molecule has 2 aromatic rings. The summed E-state index contributed by atoms with van der Waals surface area (Å²) in [5, 5.41) is 8.22. The number of hydrogen-bond donors (Lipinski definition) is 2. The fraction of sp³-hybridized carbons (Fsp3) is 0.273. The third-order valence-corrected chi connectivity index (χ3v) is 4.30. The summed E-state index contributed by atoms with van der Waals surface area (Å²) in [5.74, 6) is -0.841. The summed E-state index contributed by atoms with van der Waals surface area (Å²) in [6.07, 6.45) is 1.11. The molecule has 0 saturated heterocycles. The number of nitrogens with zero attached hydrogens (tertiary/aromatic N) is 1. The molecule has 0 aliphatic carbocycles. The van der Waals surface area contributed by atoms with Crippen molar-refractivity contribution in [2.45, 2.75) is 12.2 Å². The van der Waals surface area contributed by atoms with Crippen LogP contribution in [0.1, 0.15) is 28.4 Å². The topological polar surface area (TPSA) is 100 Å². The quantitative estimate of drug-likeness (QED) is 0.875. The van der Waals surface area contributed by atoms with Gasteiger partial charge in [0, 0.05) is 6.26 Å². The van der Waals surface area contributed by atoms with E-state index in [1.54, 1.807) is 12.1 Å². The number of sulfone groups is 1. The van der Waals surface area contributed by atoms with Crippen LogP contribution in [-0.2, 0) is 9.84 Å². The van der Waals surface area contributed by atoms with Crippen LogP contribution >= 0.6 is 0 Å². The highest BCUT2D eigenvalue weighted by Gasteiger charge is 2.22. The van der Waals surface area contributed by atoms with Gasteiger partial charge >= 0.3 is 5.97 Å². The second-order valence-corrected chi connectivity index (χ2v) is 6.47. The second kappa shape index (κ2) is 4.09. The molecule has 2 rings (SSSR count). The minimum atomic E-state index is -3.28. The van der Waals surface area contributed by atoms with Gasteiger partial charge in [0.05, 0.1) is 11.1 Å². The molecule has 0 fully saturated rings. The van der Waals surface area contributed by atoms with Crippen LogP contribution in [0.2, 0.25) is 0 Å². The lowest BCUT2D eigenvalue weighted by Gasteiger charge is -2.04. The van der Waals surface area contributed by atoms with Crippen molar-refractivity contribution in [2.24, 2.45) is 0 Å². The molecule has 1 aromatic heterocycles. The normalized spacial score (nSPS) is 13.7. The molecule has 7 heteroatoms. The van der Waals surface area contributed by atoms with Crippen LogP contribution in [0.4, 0.5) is 0 Å². The van der Waals surface area contributed by atoms with E-state index in [0.29, 0.717) is 5.52 Å². The van der Waals surface area contributed by atoms with Crippen molar-refractivity contribution in [3.05, 3.63) is 29.6 Å². The lowest BCUT2D eigenvalue weighted by atomic mass is 10.2. The zero-order chi connectivity index (χ0) is 13.5. The molecule has 96 valence electrons. The Kier molecular flexibility index (Phi) is 2.86. The summed E-state index contributed by atoms with van der Waals surface area (Å²) < 4.78 is 22.9. The van der Waals surface area contributed by atoms with Gasteiger partial charge in [-0.25, -0.2) is 18.2 Å². The molecule has 18 heavy (non-hydrogen) atoms. The van der Waals surface area contributed by atoms with E-state index in [4.69, 9.17) is 5.11 Å². The Balaban J connectivity index is 2.65. The molecule has 2 N–H and O–H groups in total. The number of rotatable bonds is 3. The highest BCUT2D eigenvalue weighted by Crippen LogP contribution is 2.23. The van der Waals surface area contributed by atoms with Crippen LogP contribution in [0.5, 0.6) is 0 Å². The van der Waals surface area contributed by atoms with Crippen molar-refractivity contribution in [2.75, 3.05) is 6.26 Å². The fourth-order valence-corrected chi connectivity index (χ4v) is 2.14. The van der Waals surface area contributed by atoms with E-state index in [1.807, 2.05) is 0 Å². The third-order valence-electron chi connectivity index (χ3n) is 2.79. The first-order chi connectivity index (χ1) is 8.30. The molecule has 1 aromatic carbocycles. The maximum atomic E-state index is 11.5. The van der Waals surface area contributed by atoms with E-state index in [9.17, 15) is 13.2 Å². The Morgan fingerprint density at radius 1 is 1.44 bits per heavy atom. The second-order valence-electron chi connectivity index (χ2n) is 4.10. The lowest BCUT2D eigenvalue weighted by molar-refractivity contribution is 0.0699. The molecule has 0 radical (unpaired) electrons. The number of imidazole rings is 1. The number of aromatic carboxylic acids is 1. The average Bonchev–Trinajstić information content (AvgIpc) is 2.69. The number of aromatic amines is 1. The molecule has 0 bridgehead atoms. The predicted molar refractivity (Wildman–Crippen MR) is 66.3 cm³/mol. The van der Waals surface area contributed by atoms with E-state index in [0.717, 1.165) is 6.26 Å². The van der Waals surface area contributed by atoms with Gasteiger partial charge in [-0.3, -0.25) is 0 Å². The summed E-state index contributed by atoms with van der Waals surface area (Å²) >= 11 is 0. The molecule has 1 heterocycles. The first-order valence-corrected chi connectivity index (χ1v) is 7.17. The molecule has 0 aliphatic rings. The monoisotopic (exact) mass is 268 g/mol. The maximum absolute atomic E-state index is 11.5. The summed E-state index contributed by atoms with van der Waals surface area (Å²) in [5.41, 5.74) is 0.839. The first kappa shape index (κ1) is 12.6. The van der Waals surface area contributed by atoms with Gasteiger partial charge in [0.2, 0.25) is 0 Å². The lowest BCUT2D eigenvalue weighted by Crippen LogP contribution is -2.09. The van der Waals surface area contributed by atoms with Crippen LogP contribution < -0.4 is 0 Å². The molecule has 0 spiro atoms. The minimum Gasteiger partial charge on any atom is -0.478 e. The highest BCUT2D eigenvalue weighted by atomic mass is 32.2. The number of fused-ring (bicyclic) bond motifs is 1. The van der Waals surface area contributed by atoms with E-state index < -0.39 is 21.1 Å². The van der Waals surface area contributed by atoms with Crippen molar-refractivity contribution in [3.63, 3.8) is 0 Å². The van der Waals surface area contributed by atoms with Crippen LogP contribution in [0.25, 0.3) is 11.0 Å². The Labute approximate surface area is 104 Å². The number of carboxylic acids is 1. The molecule has 1 unspecified atom stereocenters. The number of benzene rings is 1. The van der Waals surface area contributed by atoms with Gasteiger partial charge in [-0.15, -0.1) is 0 Å². The maximum Gasteiger partial charge on any atom is 0.337 e. The smallest absolute Gasteiger partial charge is 0.337 e. The summed E-state index contributed by atoms with van der Waals surface area (Å²) in [6, 6.07) is 4.67. The number of nitrogens with one attached hydrogen (secondary N) is 1. The Hall–Kier alpha value is -1.89. The molecular weight excluding hydrogens is 256 g/mol. The minimum absolute atomic E-state index is 0.0516. The zero-order valence-corrected chi connectivity index (χ0v) is 10.7. The number of aromatic nitrogens is 2. The van der Waals surface area contributed by atoms with Gasteiger partial charge in [0.15, 0.2) is 9.84 Å². The predicted octanol–water partition coefficient (Wildman–Crippen LogP) is 1.37. The van der Waals surface area contributed by atoms with Crippen LogP contribution in [-0.4, -0.2) is 35.7 Å². The van der Waals surface area contributed by atoms with Gasteiger partial charge < -0.3 is 10.1 Å². The molecular formula is C11H12N2O4S. The highest BCUT2D eigenvalue weighted by molar-refractivity contribution is 7.90. The Bertz CT molecular complexity index is 718. The van der Waals surface area contributed by atoms with Gasteiger partial charge in [0.25, 0.3) is 0 Å². The van der Waals surface area contributed by atoms with Crippen LogP contribution in [0.3, 0.4) is 0 Å². The fourth-order valence-electron chi connectivity index (χ4n) is 1.62. The van der Waals surface area contributed by atoms with E-state index in [1.165, 1.54) is 13.0 Å². The largest absolute Gasteiger partial charge is 0.478 e. The van der Waals surface area contributed by atoms with Crippen molar-refractivity contribution >= 4 is 26.8 Å². The zero-order valence-electron chi connectivity index (χ0n) is 9.84. The van der Waals surface area contributed by atoms with Crippen molar-refractivity contribution in [1.82, 2.24) is 9.97 Å². The molecule has 0 saturated carbocycles. The molecule has 6 nitrogen and oxygen atoms in total. The SMILES string of the molecule is CC(c1nc2c(C(=O)O)cccc2[nH]1)S(C)(=O)=O. The van der Waals surface area contributed by atoms with E-state index in [-0.39, 0.29) is 16.9 Å². The summed E-state index contributed by atoms with van der Waals surface area (Å²) in [6.45, 7) is 1.51. The van der Waals surface area contributed by atoms with Crippen molar-refractivity contribution in [1.29, 1.82) is 0 Å². The Morgan fingerprint density at radius 2 is 2.11 bits per heavy atom. The molecule has 1 atom stereocenters. The Morgan fingerprint density at radius 3 is 2.67 bits per heavy atom. The average molecular weight is 268 g/mol. The number of H-pyrrole nitrogens is 1. The summed E-state index contributed by atoms with van der Waals surface area (Å²) in [4.78, 5) is 17.9.